The molecule has 3 rings (SSSR count). The van der Waals surface area contributed by atoms with Gasteiger partial charge in [0.15, 0.2) is 0 Å². The van der Waals surface area contributed by atoms with Crippen LogP contribution in [0.15, 0.2) is 40.9 Å². The SMILES string of the molecule is COC(=O)c1ccc2nsnc2c1-c1ccc(Br)cc1. The number of benzene rings is 2. The molecule has 0 atom stereocenters. The molecule has 0 aliphatic heterocycles. The van der Waals surface area contributed by atoms with E-state index >= 15 is 0 Å². The molecule has 1 aromatic heterocycles. The molecule has 0 aliphatic carbocycles. The minimum Gasteiger partial charge on any atom is -0.465 e. The van der Waals surface area contributed by atoms with Crippen molar-refractivity contribution in [1.29, 1.82) is 0 Å². The van der Waals surface area contributed by atoms with E-state index in [2.05, 4.69) is 24.7 Å². The molecule has 0 bridgehead atoms. The van der Waals surface area contributed by atoms with Crippen molar-refractivity contribution in [3.8, 4) is 11.1 Å². The molecule has 0 saturated heterocycles. The van der Waals surface area contributed by atoms with Crippen molar-refractivity contribution < 1.29 is 9.53 Å². The summed E-state index contributed by atoms with van der Waals surface area (Å²) in [6.45, 7) is 0. The Morgan fingerprint density at radius 3 is 2.60 bits per heavy atom. The summed E-state index contributed by atoms with van der Waals surface area (Å²) in [5.74, 6) is -0.377. The van der Waals surface area contributed by atoms with Crippen molar-refractivity contribution in [1.82, 2.24) is 8.75 Å². The Bertz CT molecular complexity index is 783. The van der Waals surface area contributed by atoms with Crippen molar-refractivity contribution in [2.24, 2.45) is 0 Å². The molecule has 0 N–H and O–H groups in total. The molecule has 0 spiro atoms. The Morgan fingerprint density at radius 1 is 1.15 bits per heavy atom. The minimum atomic E-state index is -0.377. The van der Waals surface area contributed by atoms with Gasteiger partial charge in [0.05, 0.1) is 24.4 Å². The first-order valence-electron chi connectivity index (χ1n) is 5.80. The number of rotatable bonds is 2. The number of nitrogens with zero attached hydrogens (tertiary/aromatic N) is 2. The average Bonchev–Trinajstić information content (AvgIpc) is 2.95. The smallest absolute Gasteiger partial charge is 0.338 e. The Balaban J connectivity index is 2.32. The number of fused-ring (bicyclic) bond motifs is 1. The van der Waals surface area contributed by atoms with Crippen molar-refractivity contribution in [2.75, 3.05) is 7.11 Å². The zero-order chi connectivity index (χ0) is 14.1. The largest absolute Gasteiger partial charge is 0.465 e. The van der Waals surface area contributed by atoms with Gasteiger partial charge in [-0.15, -0.1) is 0 Å². The highest BCUT2D eigenvalue weighted by atomic mass is 79.9. The number of methoxy groups -OCH3 is 1. The van der Waals surface area contributed by atoms with E-state index in [1.807, 2.05) is 24.3 Å². The molecule has 0 amide bonds. The number of ether oxygens (including phenoxy) is 1. The molecule has 2 aromatic carbocycles. The maximum atomic E-state index is 12.0. The Kier molecular flexibility index (Phi) is 3.50. The summed E-state index contributed by atoms with van der Waals surface area (Å²) in [6.07, 6.45) is 0. The lowest BCUT2D eigenvalue weighted by Crippen LogP contribution is -2.04. The van der Waals surface area contributed by atoms with E-state index in [9.17, 15) is 4.79 Å². The minimum absolute atomic E-state index is 0.377. The lowest BCUT2D eigenvalue weighted by Gasteiger charge is -2.08. The predicted molar refractivity (Wildman–Crippen MR) is 81.9 cm³/mol. The number of esters is 1. The van der Waals surface area contributed by atoms with Gasteiger partial charge in [0.2, 0.25) is 0 Å². The van der Waals surface area contributed by atoms with E-state index in [0.717, 1.165) is 38.4 Å². The molecule has 3 aromatic rings. The van der Waals surface area contributed by atoms with Gasteiger partial charge in [0, 0.05) is 10.0 Å². The predicted octanol–water partition coefficient (Wildman–Crippen LogP) is 3.91. The maximum absolute atomic E-state index is 12.0. The summed E-state index contributed by atoms with van der Waals surface area (Å²) in [5, 5.41) is 0. The summed E-state index contributed by atoms with van der Waals surface area (Å²) < 4.78 is 14.4. The van der Waals surface area contributed by atoms with E-state index in [0.29, 0.717) is 5.56 Å². The first-order chi connectivity index (χ1) is 9.70. The fourth-order valence-electron chi connectivity index (χ4n) is 2.04. The van der Waals surface area contributed by atoms with Gasteiger partial charge in [-0.25, -0.2) is 4.79 Å². The molecule has 20 heavy (non-hydrogen) atoms. The van der Waals surface area contributed by atoms with Gasteiger partial charge in [-0.3, -0.25) is 0 Å². The third-order valence-electron chi connectivity index (χ3n) is 2.97. The topological polar surface area (TPSA) is 52.1 Å². The normalized spacial score (nSPS) is 10.7. The molecule has 0 unspecified atom stereocenters. The average molecular weight is 349 g/mol. The van der Waals surface area contributed by atoms with Gasteiger partial charge in [0.1, 0.15) is 11.0 Å². The highest BCUT2D eigenvalue weighted by Gasteiger charge is 2.18. The third-order valence-corrected chi connectivity index (χ3v) is 4.04. The third kappa shape index (κ3) is 2.21. The lowest BCUT2D eigenvalue weighted by atomic mass is 9.98. The van der Waals surface area contributed by atoms with E-state index in [1.165, 1.54) is 7.11 Å². The summed E-state index contributed by atoms with van der Waals surface area (Å²) in [5.41, 5.74) is 3.67. The zero-order valence-corrected chi connectivity index (χ0v) is 12.9. The molecule has 1 heterocycles. The number of hydrogen-bond acceptors (Lipinski definition) is 5. The Labute approximate surface area is 127 Å². The number of halogens is 1. The summed E-state index contributed by atoms with van der Waals surface area (Å²) in [7, 11) is 1.37. The van der Waals surface area contributed by atoms with Crippen LogP contribution in [0.4, 0.5) is 0 Å². The standard InChI is InChI=1S/C14H9BrN2O2S/c1-19-14(18)10-6-7-11-13(17-20-16-11)12(10)8-2-4-9(15)5-3-8/h2-7H,1H3. The van der Waals surface area contributed by atoms with Gasteiger partial charge >= 0.3 is 5.97 Å². The molecule has 0 fully saturated rings. The fourth-order valence-corrected chi connectivity index (χ4v) is 2.85. The summed E-state index contributed by atoms with van der Waals surface area (Å²) in [6, 6.07) is 11.2. The number of hydrogen-bond donors (Lipinski definition) is 0. The lowest BCUT2D eigenvalue weighted by molar-refractivity contribution is 0.0602. The maximum Gasteiger partial charge on any atom is 0.338 e. The van der Waals surface area contributed by atoms with Crippen LogP contribution < -0.4 is 0 Å². The molecule has 4 nitrogen and oxygen atoms in total. The quantitative estimate of drug-likeness (QED) is 0.659. The van der Waals surface area contributed by atoms with Gasteiger partial charge in [0.25, 0.3) is 0 Å². The Morgan fingerprint density at radius 2 is 1.90 bits per heavy atom. The molecule has 6 heteroatoms. The summed E-state index contributed by atoms with van der Waals surface area (Å²) >= 11 is 4.54. The van der Waals surface area contributed by atoms with Gasteiger partial charge in [-0.05, 0) is 29.8 Å². The van der Waals surface area contributed by atoms with Crippen LogP contribution in [0, 0.1) is 0 Å². The highest BCUT2D eigenvalue weighted by Crippen LogP contribution is 2.32. The van der Waals surface area contributed by atoms with Gasteiger partial charge in [-0.2, -0.15) is 8.75 Å². The first kappa shape index (κ1) is 13.2. The van der Waals surface area contributed by atoms with Crippen LogP contribution in [-0.4, -0.2) is 21.8 Å². The second-order valence-corrected chi connectivity index (χ2v) is 5.56. The number of aromatic nitrogens is 2. The van der Waals surface area contributed by atoms with E-state index in [1.54, 1.807) is 12.1 Å². The van der Waals surface area contributed by atoms with Crippen molar-refractivity contribution in [3.63, 3.8) is 0 Å². The van der Waals surface area contributed by atoms with Crippen LogP contribution in [0.3, 0.4) is 0 Å². The van der Waals surface area contributed by atoms with Crippen LogP contribution >= 0.6 is 27.7 Å². The molecular formula is C14H9BrN2O2S. The van der Waals surface area contributed by atoms with Crippen LogP contribution in [0.1, 0.15) is 10.4 Å². The molecule has 0 aliphatic rings. The van der Waals surface area contributed by atoms with E-state index in [-0.39, 0.29) is 5.97 Å². The summed E-state index contributed by atoms with van der Waals surface area (Å²) in [4.78, 5) is 12.0. The van der Waals surface area contributed by atoms with Gasteiger partial charge in [-0.1, -0.05) is 28.1 Å². The monoisotopic (exact) mass is 348 g/mol. The Hall–Kier alpha value is -1.79. The van der Waals surface area contributed by atoms with Crippen LogP contribution in [0.25, 0.3) is 22.2 Å². The van der Waals surface area contributed by atoms with Crippen molar-refractivity contribution in [2.45, 2.75) is 0 Å². The van der Waals surface area contributed by atoms with E-state index < -0.39 is 0 Å². The highest BCUT2D eigenvalue weighted by molar-refractivity contribution is 9.10. The second-order valence-electron chi connectivity index (χ2n) is 4.12. The van der Waals surface area contributed by atoms with Crippen LogP contribution in [-0.2, 0) is 4.74 Å². The number of carbonyl (C=O) groups is 1. The zero-order valence-electron chi connectivity index (χ0n) is 10.5. The fraction of sp³-hybridized carbons (Fsp3) is 0.0714. The van der Waals surface area contributed by atoms with Crippen LogP contribution in [0.2, 0.25) is 0 Å². The van der Waals surface area contributed by atoms with E-state index in [4.69, 9.17) is 4.74 Å². The molecule has 0 saturated carbocycles. The van der Waals surface area contributed by atoms with Crippen LogP contribution in [0.5, 0.6) is 0 Å². The molecule has 100 valence electrons. The van der Waals surface area contributed by atoms with Crippen molar-refractivity contribution in [3.05, 3.63) is 46.4 Å². The second kappa shape index (κ2) is 5.30. The van der Waals surface area contributed by atoms with Crippen molar-refractivity contribution >= 4 is 44.7 Å². The molecular weight excluding hydrogens is 340 g/mol. The molecule has 0 radical (unpaired) electrons. The number of carbonyl (C=O) groups excluding carboxylic acids is 1. The first-order valence-corrected chi connectivity index (χ1v) is 7.32. The van der Waals surface area contributed by atoms with Gasteiger partial charge < -0.3 is 4.74 Å².